The Morgan fingerprint density at radius 1 is 1.21 bits per heavy atom. The molecule has 0 saturated heterocycles. The molecule has 0 aliphatic heterocycles. The van der Waals surface area contributed by atoms with Gasteiger partial charge in [0.1, 0.15) is 0 Å². The minimum atomic E-state index is 0.0153. The second-order valence-electron chi connectivity index (χ2n) is 4.83. The monoisotopic (exact) mass is 198 g/mol. The van der Waals surface area contributed by atoms with Gasteiger partial charge < -0.3 is 5.11 Å². The molecule has 1 rings (SSSR count). The summed E-state index contributed by atoms with van der Waals surface area (Å²) in [6, 6.07) is 0. The van der Waals surface area contributed by atoms with Gasteiger partial charge in [-0.3, -0.25) is 0 Å². The summed E-state index contributed by atoms with van der Waals surface area (Å²) in [7, 11) is 0. The highest BCUT2D eigenvalue weighted by molar-refractivity contribution is 4.81. The van der Waals surface area contributed by atoms with Crippen LogP contribution < -0.4 is 0 Å². The van der Waals surface area contributed by atoms with Crippen LogP contribution in [-0.4, -0.2) is 11.2 Å². The molecule has 0 unspecified atom stereocenters. The van der Waals surface area contributed by atoms with Gasteiger partial charge in [0.15, 0.2) is 0 Å². The van der Waals surface area contributed by atoms with E-state index in [4.69, 9.17) is 0 Å². The Hall–Kier alpha value is -0.0400. The minimum absolute atomic E-state index is 0.0153. The number of hydrogen-bond acceptors (Lipinski definition) is 1. The van der Waals surface area contributed by atoms with E-state index in [-0.39, 0.29) is 6.10 Å². The van der Waals surface area contributed by atoms with Gasteiger partial charge in [-0.25, -0.2) is 0 Å². The molecule has 0 heterocycles. The van der Waals surface area contributed by atoms with Crippen molar-refractivity contribution in [3.05, 3.63) is 0 Å². The number of rotatable bonds is 6. The lowest BCUT2D eigenvalue weighted by molar-refractivity contribution is 0.0919. The van der Waals surface area contributed by atoms with Crippen molar-refractivity contribution in [3.8, 4) is 0 Å². The summed E-state index contributed by atoms with van der Waals surface area (Å²) in [6.45, 7) is 4.53. The fourth-order valence-corrected chi connectivity index (χ4v) is 2.90. The second-order valence-corrected chi connectivity index (χ2v) is 4.83. The maximum Gasteiger partial charge on any atom is 0.0571 e. The number of aliphatic hydroxyl groups is 1. The summed E-state index contributed by atoms with van der Waals surface area (Å²) in [5.41, 5.74) is 0. The van der Waals surface area contributed by atoms with Crippen LogP contribution >= 0.6 is 0 Å². The highest BCUT2D eigenvalue weighted by atomic mass is 16.3. The zero-order chi connectivity index (χ0) is 10.4. The average Bonchev–Trinajstić information content (AvgIpc) is 2.60. The van der Waals surface area contributed by atoms with Gasteiger partial charge in [-0.1, -0.05) is 52.4 Å². The van der Waals surface area contributed by atoms with E-state index in [0.29, 0.717) is 5.92 Å². The molecule has 0 aromatic rings. The smallest absolute Gasteiger partial charge is 0.0571 e. The molecule has 0 aromatic carbocycles. The van der Waals surface area contributed by atoms with Gasteiger partial charge in [0.25, 0.3) is 0 Å². The lowest BCUT2D eigenvalue weighted by Crippen LogP contribution is -2.22. The molecule has 14 heavy (non-hydrogen) atoms. The third kappa shape index (κ3) is 3.27. The molecule has 0 aromatic heterocycles. The van der Waals surface area contributed by atoms with E-state index < -0.39 is 0 Å². The molecule has 1 heteroatoms. The van der Waals surface area contributed by atoms with Crippen molar-refractivity contribution in [2.45, 2.75) is 71.3 Å². The van der Waals surface area contributed by atoms with Crippen LogP contribution in [-0.2, 0) is 0 Å². The highest BCUT2D eigenvalue weighted by Gasteiger charge is 2.30. The number of hydrogen-bond donors (Lipinski definition) is 1. The predicted octanol–water partition coefficient (Wildman–Crippen LogP) is 3.75. The van der Waals surface area contributed by atoms with Crippen LogP contribution in [0.3, 0.4) is 0 Å². The predicted molar refractivity (Wildman–Crippen MR) is 61.3 cm³/mol. The van der Waals surface area contributed by atoms with E-state index in [2.05, 4.69) is 13.8 Å². The first-order valence-corrected chi connectivity index (χ1v) is 6.47. The Morgan fingerprint density at radius 2 is 2.00 bits per heavy atom. The molecule has 1 saturated carbocycles. The Morgan fingerprint density at radius 3 is 2.50 bits per heavy atom. The van der Waals surface area contributed by atoms with E-state index >= 15 is 0 Å². The van der Waals surface area contributed by atoms with Crippen LogP contribution in [0.2, 0.25) is 0 Å². The molecule has 1 fully saturated rings. The minimum Gasteiger partial charge on any atom is -0.393 e. The fraction of sp³-hybridized carbons (Fsp3) is 1.00. The quantitative estimate of drug-likeness (QED) is 0.644. The normalized spacial score (nSPS) is 29.4. The van der Waals surface area contributed by atoms with Crippen LogP contribution in [0.15, 0.2) is 0 Å². The molecule has 84 valence electrons. The van der Waals surface area contributed by atoms with Gasteiger partial charge >= 0.3 is 0 Å². The first-order valence-electron chi connectivity index (χ1n) is 6.47. The molecule has 0 spiro atoms. The summed E-state index contributed by atoms with van der Waals surface area (Å²) in [6.07, 6.45) is 10.2. The summed E-state index contributed by atoms with van der Waals surface area (Å²) >= 11 is 0. The maximum absolute atomic E-state index is 9.85. The molecule has 1 aliphatic rings. The Kier molecular flexibility index (Phi) is 5.54. The summed E-state index contributed by atoms with van der Waals surface area (Å²) in [5.74, 6) is 1.41. The SMILES string of the molecule is CCCCC[C@H](CC)[C@@H]1CCC[C@@H]1O. The van der Waals surface area contributed by atoms with Crippen LogP contribution in [0.25, 0.3) is 0 Å². The van der Waals surface area contributed by atoms with E-state index in [9.17, 15) is 5.11 Å². The second kappa shape index (κ2) is 6.44. The van der Waals surface area contributed by atoms with Crippen molar-refractivity contribution in [2.75, 3.05) is 0 Å². The van der Waals surface area contributed by atoms with Crippen molar-refractivity contribution in [2.24, 2.45) is 11.8 Å². The third-order valence-corrected chi connectivity index (χ3v) is 3.84. The molecule has 0 amide bonds. The Bertz CT molecular complexity index is 144. The summed E-state index contributed by atoms with van der Waals surface area (Å²) in [5, 5.41) is 9.85. The molecular formula is C13H26O. The molecule has 1 aliphatic carbocycles. The van der Waals surface area contributed by atoms with Crippen molar-refractivity contribution in [1.82, 2.24) is 0 Å². The van der Waals surface area contributed by atoms with Crippen LogP contribution in [0, 0.1) is 11.8 Å². The largest absolute Gasteiger partial charge is 0.393 e. The van der Waals surface area contributed by atoms with Gasteiger partial charge in [0, 0.05) is 0 Å². The number of aliphatic hydroxyl groups excluding tert-OH is 1. The van der Waals surface area contributed by atoms with Gasteiger partial charge in [0.2, 0.25) is 0 Å². The number of unbranched alkanes of at least 4 members (excludes halogenated alkanes) is 2. The zero-order valence-corrected chi connectivity index (χ0v) is 9.84. The zero-order valence-electron chi connectivity index (χ0n) is 9.84. The van der Waals surface area contributed by atoms with E-state index in [1.807, 2.05) is 0 Å². The van der Waals surface area contributed by atoms with Crippen LogP contribution in [0.4, 0.5) is 0 Å². The Labute approximate surface area is 88.9 Å². The Balaban J connectivity index is 2.29. The standard InChI is InChI=1S/C13H26O/c1-3-5-6-8-11(4-2)12-9-7-10-13(12)14/h11-14H,3-10H2,1-2H3/t11-,12-,13-/m0/s1. The van der Waals surface area contributed by atoms with Crippen molar-refractivity contribution in [3.63, 3.8) is 0 Å². The molecule has 3 atom stereocenters. The first kappa shape index (κ1) is 12.0. The van der Waals surface area contributed by atoms with Crippen LogP contribution in [0.5, 0.6) is 0 Å². The van der Waals surface area contributed by atoms with Crippen molar-refractivity contribution >= 4 is 0 Å². The van der Waals surface area contributed by atoms with Crippen LogP contribution in [0.1, 0.15) is 65.2 Å². The summed E-state index contributed by atoms with van der Waals surface area (Å²) in [4.78, 5) is 0. The molecule has 0 bridgehead atoms. The van der Waals surface area contributed by atoms with Crippen molar-refractivity contribution in [1.29, 1.82) is 0 Å². The lowest BCUT2D eigenvalue weighted by Gasteiger charge is -2.25. The maximum atomic E-state index is 9.85. The van der Waals surface area contributed by atoms with E-state index in [1.165, 1.54) is 44.9 Å². The lowest BCUT2D eigenvalue weighted by atomic mass is 9.83. The fourth-order valence-electron chi connectivity index (χ4n) is 2.90. The van der Waals surface area contributed by atoms with Gasteiger partial charge in [-0.15, -0.1) is 0 Å². The van der Waals surface area contributed by atoms with Gasteiger partial charge in [-0.2, -0.15) is 0 Å². The van der Waals surface area contributed by atoms with Crippen molar-refractivity contribution < 1.29 is 5.11 Å². The highest BCUT2D eigenvalue weighted by Crippen LogP contribution is 2.36. The third-order valence-electron chi connectivity index (χ3n) is 3.84. The molecular weight excluding hydrogens is 172 g/mol. The van der Waals surface area contributed by atoms with Gasteiger partial charge in [0.05, 0.1) is 6.10 Å². The van der Waals surface area contributed by atoms with E-state index in [1.54, 1.807) is 0 Å². The summed E-state index contributed by atoms with van der Waals surface area (Å²) < 4.78 is 0. The average molecular weight is 198 g/mol. The molecule has 1 nitrogen and oxygen atoms in total. The van der Waals surface area contributed by atoms with Gasteiger partial charge in [-0.05, 0) is 24.7 Å². The molecule has 0 radical (unpaired) electrons. The molecule has 1 N–H and O–H groups in total. The topological polar surface area (TPSA) is 20.2 Å². The first-order chi connectivity index (χ1) is 6.79. The van der Waals surface area contributed by atoms with E-state index in [0.717, 1.165) is 12.3 Å².